The van der Waals surface area contributed by atoms with Gasteiger partial charge in [-0.25, -0.2) is 0 Å². The molecule has 3 heterocycles. The average molecular weight is 281 g/mol. The van der Waals surface area contributed by atoms with Crippen molar-refractivity contribution in [2.75, 3.05) is 0 Å². The molecule has 0 saturated heterocycles. The van der Waals surface area contributed by atoms with Crippen LogP contribution in [0.5, 0.6) is 0 Å². The van der Waals surface area contributed by atoms with Gasteiger partial charge in [0.15, 0.2) is 15.9 Å². The third-order valence-corrected chi connectivity index (χ3v) is 2.87. The first-order chi connectivity index (χ1) is 8.74. The summed E-state index contributed by atoms with van der Waals surface area (Å²) in [5, 5.41) is 8.47. The van der Waals surface area contributed by atoms with Crippen LogP contribution in [0.2, 0.25) is 10.3 Å². The first-order valence-corrected chi connectivity index (χ1v) is 5.82. The van der Waals surface area contributed by atoms with Crippen LogP contribution in [0, 0.1) is 0 Å². The molecular formula is C12H6Cl2N2O2. The number of furan rings is 2. The number of hydrogen-bond donors (Lipinski definition) is 0. The number of hydrogen-bond acceptors (Lipinski definition) is 4. The van der Waals surface area contributed by atoms with Crippen molar-refractivity contribution in [1.29, 1.82) is 0 Å². The lowest BCUT2D eigenvalue weighted by Crippen LogP contribution is -1.82. The molecule has 0 aliphatic heterocycles. The maximum Gasteiger partial charge on any atom is 0.195 e. The summed E-state index contributed by atoms with van der Waals surface area (Å²) in [4.78, 5) is 0. The van der Waals surface area contributed by atoms with E-state index in [1.165, 1.54) is 0 Å². The number of halogens is 2. The van der Waals surface area contributed by atoms with E-state index in [-0.39, 0.29) is 10.3 Å². The summed E-state index contributed by atoms with van der Waals surface area (Å²) in [6.07, 6.45) is 5.13. The maximum absolute atomic E-state index is 5.91. The third kappa shape index (κ3) is 2.00. The lowest BCUT2D eigenvalue weighted by molar-refractivity contribution is 0.557. The van der Waals surface area contributed by atoms with E-state index in [1.807, 2.05) is 6.07 Å². The number of nitrogens with zero attached hydrogens (tertiary/aromatic N) is 2. The first kappa shape index (κ1) is 11.3. The predicted molar refractivity (Wildman–Crippen MR) is 69.5 cm³/mol. The summed E-state index contributed by atoms with van der Waals surface area (Å²) in [5.74, 6) is 1.32. The molecule has 18 heavy (non-hydrogen) atoms. The zero-order valence-electron chi connectivity index (χ0n) is 8.93. The Hall–Kier alpha value is -1.78. The fraction of sp³-hybridized carbons (Fsp3) is 0. The molecular weight excluding hydrogens is 275 g/mol. The van der Waals surface area contributed by atoms with E-state index in [0.29, 0.717) is 16.7 Å². The van der Waals surface area contributed by atoms with Gasteiger partial charge in [0.25, 0.3) is 0 Å². The van der Waals surface area contributed by atoms with Crippen LogP contribution in [0.25, 0.3) is 23.1 Å². The molecule has 0 amide bonds. The number of aromatic nitrogens is 2. The highest BCUT2D eigenvalue weighted by molar-refractivity contribution is 6.37. The maximum atomic E-state index is 5.91. The van der Waals surface area contributed by atoms with Gasteiger partial charge >= 0.3 is 0 Å². The van der Waals surface area contributed by atoms with Crippen LogP contribution in [0.1, 0.15) is 11.5 Å². The SMILES string of the molecule is Clc1nnc(Cl)c2oc(/C=C/c3ccco3)cc12. The summed E-state index contributed by atoms with van der Waals surface area (Å²) in [7, 11) is 0. The van der Waals surface area contributed by atoms with E-state index in [9.17, 15) is 0 Å². The van der Waals surface area contributed by atoms with Crippen molar-refractivity contribution < 1.29 is 8.83 Å². The van der Waals surface area contributed by atoms with E-state index in [1.54, 1.807) is 30.5 Å². The Balaban J connectivity index is 2.04. The molecule has 0 saturated carbocycles. The summed E-state index contributed by atoms with van der Waals surface area (Å²) >= 11 is 11.8. The Kier molecular flexibility index (Phi) is 2.81. The van der Waals surface area contributed by atoms with Gasteiger partial charge in [0.1, 0.15) is 11.5 Å². The van der Waals surface area contributed by atoms with Crippen LogP contribution in [-0.2, 0) is 0 Å². The molecule has 0 unspecified atom stereocenters. The number of rotatable bonds is 2. The van der Waals surface area contributed by atoms with E-state index < -0.39 is 0 Å². The standard InChI is InChI=1S/C12H6Cl2N2O2/c13-11-9-6-8(4-3-7-2-1-5-17-7)18-10(9)12(14)16-15-11/h1-6H/b4-3+. The summed E-state index contributed by atoms with van der Waals surface area (Å²) in [6.45, 7) is 0. The predicted octanol–water partition coefficient (Wildman–Crippen LogP) is 4.29. The Labute approximate surface area is 112 Å². The first-order valence-electron chi connectivity index (χ1n) is 5.07. The van der Waals surface area contributed by atoms with Gasteiger partial charge in [0.05, 0.1) is 11.6 Å². The molecule has 0 bridgehead atoms. The summed E-state index contributed by atoms with van der Waals surface area (Å²) in [5.41, 5.74) is 0.427. The number of fused-ring (bicyclic) bond motifs is 1. The monoisotopic (exact) mass is 280 g/mol. The van der Waals surface area contributed by atoms with Gasteiger partial charge in [-0.3, -0.25) is 0 Å². The minimum Gasteiger partial charge on any atom is -0.465 e. The molecule has 3 rings (SSSR count). The van der Waals surface area contributed by atoms with Crippen molar-refractivity contribution in [3.63, 3.8) is 0 Å². The lowest BCUT2D eigenvalue weighted by atomic mass is 10.3. The normalized spacial score (nSPS) is 11.7. The Bertz CT molecular complexity index is 678. The van der Waals surface area contributed by atoms with Gasteiger partial charge < -0.3 is 8.83 Å². The molecule has 0 fully saturated rings. The van der Waals surface area contributed by atoms with Crippen LogP contribution < -0.4 is 0 Å². The Morgan fingerprint density at radius 3 is 2.56 bits per heavy atom. The Morgan fingerprint density at radius 1 is 1.06 bits per heavy atom. The molecule has 0 aliphatic rings. The van der Waals surface area contributed by atoms with Crippen molar-refractivity contribution in [2.45, 2.75) is 0 Å². The van der Waals surface area contributed by atoms with Crippen molar-refractivity contribution in [3.05, 3.63) is 46.3 Å². The lowest BCUT2D eigenvalue weighted by Gasteiger charge is -1.90. The van der Waals surface area contributed by atoms with Crippen LogP contribution in [0.4, 0.5) is 0 Å². The van der Waals surface area contributed by atoms with Gasteiger partial charge in [0.2, 0.25) is 0 Å². The topological polar surface area (TPSA) is 52.1 Å². The molecule has 4 nitrogen and oxygen atoms in total. The molecule has 0 aromatic carbocycles. The van der Waals surface area contributed by atoms with Crippen LogP contribution in [-0.4, -0.2) is 10.2 Å². The Morgan fingerprint density at radius 2 is 1.83 bits per heavy atom. The van der Waals surface area contributed by atoms with E-state index in [4.69, 9.17) is 32.0 Å². The third-order valence-electron chi connectivity index (χ3n) is 2.34. The van der Waals surface area contributed by atoms with Gasteiger partial charge in [-0.1, -0.05) is 23.2 Å². The van der Waals surface area contributed by atoms with Crippen molar-refractivity contribution in [3.8, 4) is 0 Å². The highest BCUT2D eigenvalue weighted by atomic mass is 35.5. The van der Waals surface area contributed by atoms with E-state index in [2.05, 4.69) is 10.2 Å². The molecule has 0 spiro atoms. The molecule has 6 heteroatoms. The van der Waals surface area contributed by atoms with Crippen molar-refractivity contribution in [2.24, 2.45) is 0 Å². The highest BCUT2D eigenvalue weighted by Crippen LogP contribution is 2.29. The largest absolute Gasteiger partial charge is 0.465 e. The van der Waals surface area contributed by atoms with Crippen LogP contribution in [0.15, 0.2) is 33.3 Å². The summed E-state index contributed by atoms with van der Waals surface area (Å²) < 4.78 is 10.7. The molecule has 0 radical (unpaired) electrons. The van der Waals surface area contributed by atoms with Gasteiger partial charge in [-0.2, -0.15) is 0 Å². The molecule has 0 N–H and O–H groups in total. The molecule has 3 aromatic rings. The minimum absolute atomic E-state index is 0.187. The van der Waals surface area contributed by atoms with Crippen molar-refractivity contribution >= 4 is 46.3 Å². The van der Waals surface area contributed by atoms with Gasteiger partial charge in [0, 0.05) is 0 Å². The summed E-state index contributed by atoms with van der Waals surface area (Å²) in [6, 6.07) is 5.39. The molecule has 0 aliphatic carbocycles. The average Bonchev–Trinajstić information content (AvgIpc) is 3.00. The second kappa shape index (κ2) is 4.48. The zero-order chi connectivity index (χ0) is 12.5. The molecule has 3 aromatic heterocycles. The second-order valence-electron chi connectivity index (χ2n) is 3.52. The minimum atomic E-state index is 0.187. The van der Waals surface area contributed by atoms with Crippen LogP contribution in [0.3, 0.4) is 0 Å². The van der Waals surface area contributed by atoms with Crippen LogP contribution >= 0.6 is 23.2 Å². The van der Waals surface area contributed by atoms with Gasteiger partial charge in [-0.05, 0) is 30.4 Å². The van der Waals surface area contributed by atoms with Gasteiger partial charge in [-0.15, -0.1) is 10.2 Å². The molecule has 0 atom stereocenters. The fourth-order valence-electron chi connectivity index (χ4n) is 1.54. The van der Waals surface area contributed by atoms with E-state index >= 15 is 0 Å². The zero-order valence-corrected chi connectivity index (χ0v) is 10.4. The fourth-order valence-corrected chi connectivity index (χ4v) is 1.89. The highest BCUT2D eigenvalue weighted by Gasteiger charge is 2.11. The second-order valence-corrected chi connectivity index (χ2v) is 4.24. The van der Waals surface area contributed by atoms with E-state index in [0.717, 1.165) is 5.76 Å². The molecule has 90 valence electrons. The smallest absolute Gasteiger partial charge is 0.195 e. The van der Waals surface area contributed by atoms with Crippen molar-refractivity contribution in [1.82, 2.24) is 10.2 Å². The quantitative estimate of drug-likeness (QED) is 0.703.